The van der Waals surface area contributed by atoms with Gasteiger partial charge in [0.15, 0.2) is 0 Å². The van der Waals surface area contributed by atoms with Crippen molar-refractivity contribution < 1.29 is 9.00 Å². The average Bonchev–Trinajstić information content (AvgIpc) is 2.81. The van der Waals surface area contributed by atoms with Gasteiger partial charge >= 0.3 is 0 Å². The summed E-state index contributed by atoms with van der Waals surface area (Å²) >= 11 is 1.46. The van der Waals surface area contributed by atoms with Gasteiger partial charge in [-0.1, -0.05) is 0 Å². The molecule has 1 aromatic heterocycles. The molecule has 0 atom stereocenters. The van der Waals surface area contributed by atoms with Crippen LogP contribution in [-0.2, 0) is 17.2 Å². The van der Waals surface area contributed by atoms with Crippen molar-refractivity contribution in [3.8, 4) is 0 Å². The first-order valence-electron chi connectivity index (χ1n) is 5.99. The van der Waals surface area contributed by atoms with E-state index in [9.17, 15) is 9.00 Å². The lowest BCUT2D eigenvalue weighted by Gasteiger charge is -2.21. The number of thiazole rings is 1. The number of hydrogen-bond acceptors (Lipinski definition) is 5. The van der Waals surface area contributed by atoms with Crippen molar-refractivity contribution in [2.24, 2.45) is 5.73 Å². The van der Waals surface area contributed by atoms with Crippen LogP contribution in [0.1, 0.15) is 28.3 Å². The number of rotatable bonds is 4. The highest BCUT2D eigenvalue weighted by atomic mass is 32.2. The third-order valence-electron chi connectivity index (χ3n) is 2.87. The van der Waals surface area contributed by atoms with Crippen molar-refractivity contribution in [3.63, 3.8) is 0 Å². The van der Waals surface area contributed by atoms with Crippen molar-refractivity contribution in [3.05, 3.63) is 16.1 Å². The molecule has 1 aromatic rings. The lowest BCUT2D eigenvalue weighted by atomic mass is 10.1. The third-order valence-corrected chi connectivity index (χ3v) is 5.16. The Morgan fingerprint density at radius 1 is 1.56 bits per heavy atom. The molecule has 0 spiro atoms. The molecule has 18 heavy (non-hydrogen) atoms. The topological polar surface area (TPSA) is 85.1 Å². The van der Waals surface area contributed by atoms with Gasteiger partial charge in [0.2, 0.25) is 0 Å². The van der Waals surface area contributed by atoms with Crippen LogP contribution in [0.25, 0.3) is 0 Å². The molecule has 0 bridgehead atoms. The number of hydrogen-bond donors (Lipinski definition) is 2. The van der Waals surface area contributed by atoms with Gasteiger partial charge in [-0.15, -0.1) is 11.3 Å². The lowest BCUT2D eigenvalue weighted by molar-refractivity contribution is 0.0930. The highest BCUT2D eigenvalue weighted by Crippen LogP contribution is 2.13. The van der Waals surface area contributed by atoms with Crippen LogP contribution in [0, 0.1) is 0 Å². The van der Waals surface area contributed by atoms with Crippen LogP contribution in [0.4, 0.5) is 0 Å². The highest BCUT2D eigenvalue weighted by molar-refractivity contribution is 7.85. The molecule has 5 nitrogen and oxygen atoms in total. The smallest absolute Gasteiger partial charge is 0.270 e. The van der Waals surface area contributed by atoms with Gasteiger partial charge in [0, 0.05) is 40.1 Å². The molecule has 0 saturated carbocycles. The first kappa shape index (κ1) is 13.6. The van der Waals surface area contributed by atoms with Gasteiger partial charge in [0.1, 0.15) is 5.69 Å². The molecule has 0 aromatic carbocycles. The zero-order valence-corrected chi connectivity index (χ0v) is 11.7. The molecule has 1 fully saturated rings. The van der Waals surface area contributed by atoms with Gasteiger partial charge in [0.25, 0.3) is 5.91 Å². The van der Waals surface area contributed by atoms with Crippen molar-refractivity contribution in [2.45, 2.75) is 25.3 Å². The molecule has 0 radical (unpaired) electrons. The quantitative estimate of drug-likeness (QED) is 0.833. The van der Waals surface area contributed by atoms with E-state index < -0.39 is 10.8 Å². The Bertz CT molecular complexity index is 437. The average molecular weight is 287 g/mol. The number of amides is 1. The molecule has 0 unspecified atom stereocenters. The summed E-state index contributed by atoms with van der Waals surface area (Å²) in [4.78, 5) is 16.2. The normalized spacial score (nSPS) is 23.8. The summed E-state index contributed by atoms with van der Waals surface area (Å²) in [6, 6.07) is 0.134. The second kappa shape index (κ2) is 6.40. The molecular formula is C11H17N3O2S2. The van der Waals surface area contributed by atoms with Gasteiger partial charge in [0.05, 0.1) is 5.01 Å². The lowest BCUT2D eigenvalue weighted by Crippen LogP contribution is -2.39. The Balaban J connectivity index is 1.88. The molecule has 1 aliphatic heterocycles. The number of nitrogens with zero attached hydrogens (tertiary/aromatic N) is 1. The zero-order chi connectivity index (χ0) is 13.0. The minimum Gasteiger partial charge on any atom is -0.348 e. The molecule has 1 aliphatic rings. The fourth-order valence-corrected chi connectivity index (χ4v) is 3.94. The Morgan fingerprint density at radius 3 is 2.94 bits per heavy atom. The number of nitrogens with one attached hydrogen (secondary N) is 1. The fraction of sp³-hybridized carbons (Fsp3) is 0.636. The number of nitrogens with two attached hydrogens (primary N) is 1. The predicted octanol–water partition coefficient (Wildman–Crippen LogP) is 0.285. The fourth-order valence-electron chi connectivity index (χ4n) is 1.85. The first-order valence-corrected chi connectivity index (χ1v) is 8.36. The molecule has 1 amide bonds. The Hall–Kier alpha value is -0.790. The summed E-state index contributed by atoms with van der Waals surface area (Å²) in [5.74, 6) is 1.23. The van der Waals surface area contributed by atoms with Gasteiger partial charge in [-0.25, -0.2) is 4.98 Å². The predicted molar refractivity (Wildman–Crippen MR) is 73.2 cm³/mol. The number of carbonyl (C=O) groups is 1. The van der Waals surface area contributed by atoms with Crippen molar-refractivity contribution in [1.82, 2.24) is 10.3 Å². The standard InChI is InChI=1S/C11H17N3O2S2/c12-4-1-10-14-9(7-17-10)11(15)13-8-2-5-18(16)6-3-8/h7-8H,1-6,12H2,(H,13,15). The van der Waals surface area contributed by atoms with Crippen LogP contribution in [0.3, 0.4) is 0 Å². The van der Waals surface area contributed by atoms with Gasteiger partial charge in [-0.05, 0) is 19.4 Å². The maximum atomic E-state index is 11.9. The second-order valence-electron chi connectivity index (χ2n) is 4.26. The van der Waals surface area contributed by atoms with E-state index in [1.165, 1.54) is 11.3 Å². The Labute approximate surface area is 113 Å². The highest BCUT2D eigenvalue weighted by Gasteiger charge is 2.21. The van der Waals surface area contributed by atoms with E-state index in [1.807, 2.05) is 0 Å². The van der Waals surface area contributed by atoms with E-state index in [1.54, 1.807) is 5.38 Å². The summed E-state index contributed by atoms with van der Waals surface area (Å²) in [5.41, 5.74) is 5.91. The van der Waals surface area contributed by atoms with Crippen molar-refractivity contribution in [1.29, 1.82) is 0 Å². The number of carbonyl (C=O) groups excluding carboxylic acids is 1. The SMILES string of the molecule is NCCc1nc(C(=O)NC2CCS(=O)CC2)cs1. The summed E-state index contributed by atoms with van der Waals surface area (Å²) in [6.45, 7) is 0.545. The Morgan fingerprint density at radius 2 is 2.28 bits per heavy atom. The van der Waals surface area contributed by atoms with Gasteiger partial charge in [-0.3, -0.25) is 9.00 Å². The monoisotopic (exact) mass is 287 g/mol. The maximum absolute atomic E-state index is 11.9. The number of aromatic nitrogens is 1. The van der Waals surface area contributed by atoms with E-state index in [0.29, 0.717) is 30.2 Å². The third kappa shape index (κ3) is 3.60. The molecule has 2 rings (SSSR count). The molecule has 0 aliphatic carbocycles. The minimum absolute atomic E-state index is 0.132. The minimum atomic E-state index is -0.698. The molecule has 7 heteroatoms. The molecule has 1 saturated heterocycles. The Kier molecular flexibility index (Phi) is 4.85. The van der Waals surface area contributed by atoms with E-state index in [-0.39, 0.29) is 11.9 Å². The van der Waals surface area contributed by atoms with E-state index in [0.717, 1.165) is 17.8 Å². The maximum Gasteiger partial charge on any atom is 0.270 e. The van der Waals surface area contributed by atoms with Crippen LogP contribution in [0.2, 0.25) is 0 Å². The van der Waals surface area contributed by atoms with Crippen LogP contribution in [0.15, 0.2) is 5.38 Å². The summed E-state index contributed by atoms with van der Waals surface area (Å²) in [5, 5.41) is 5.61. The summed E-state index contributed by atoms with van der Waals surface area (Å²) in [6.07, 6.45) is 2.29. The van der Waals surface area contributed by atoms with E-state index in [4.69, 9.17) is 5.73 Å². The summed E-state index contributed by atoms with van der Waals surface area (Å²) in [7, 11) is -0.698. The summed E-state index contributed by atoms with van der Waals surface area (Å²) < 4.78 is 11.2. The zero-order valence-electron chi connectivity index (χ0n) is 10.1. The first-order chi connectivity index (χ1) is 8.69. The van der Waals surface area contributed by atoms with Gasteiger partial charge < -0.3 is 11.1 Å². The van der Waals surface area contributed by atoms with Crippen molar-refractivity contribution >= 4 is 28.0 Å². The van der Waals surface area contributed by atoms with E-state index in [2.05, 4.69) is 10.3 Å². The van der Waals surface area contributed by atoms with Crippen LogP contribution in [-0.4, -0.2) is 39.2 Å². The largest absolute Gasteiger partial charge is 0.348 e. The van der Waals surface area contributed by atoms with Crippen molar-refractivity contribution in [2.75, 3.05) is 18.1 Å². The molecule has 3 N–H and O–H groups in total. The van der Waals surface area contributed by atoms with Crippen LogP contribution >= 0.6 is 11.3 Å². The van der Waals surface area contributed by atoms with Crippen LogP contribution in [0.5, 0.6) is 0 Å². The van der Waals surface area contributed by atoms with Crippen LogP contribution < -0.4 is 11.1 Å². The second-order valence-corrected chi connectivity index (χ2v) is 6.90. The molecule has 2 heterocycles. The van der Waals surface area contributed by atoms with Gasteiger partial charge in [-0.2, -0.15) is 0 Å². The molecular weight excluding hydrogens is 270 g/mol. The molecule has 100 valence electrons. The van der Waals surface area contributed by atoms with E-state index >= 15 is 0 Å².